The Morgan fingerprint density at radius 1 is 0.319 bits per heavy atom. The van der Waals surface area contributed by atoms with Crippen molar-refractivity contribution in [2.24, 2.45) is 0 Å². The molecule has 24 rings (SSSR count). The first-order valence-corrected chi connectivity index (χ1v) is 51.4. The number of aromatic nitrogens is 16. The number of carbonyl (C=O) groups is 4. The molecule has 760 valence electrons. The number of pyridine rings is 4. The van der Waals surface area contributed by atoms with Crippen molar-refractivity contribution in [2.75, 3.05) is 159 Å². The lowest BCUT2D eigenvalue weighted by Crippen LogP contribution is -2.53. The van der Waals surface area contributed by atoms with E-state index in [0.29, 0.717) is 121 Å². The number of anilines is 8. The summed E-state index contributed by atoms with van der Waals surface area (Å²) in [5, 5.41) is 46.2. The number of aryl methyl sites for hydroxylation is 7. The molecule has 0 bridgehead atoms. The number of rotatable bonds is 24. The van der Waals surface area contributed by atoms with E-state index in [1.807, 2.05) is 73.3 Å². The third-order valence-electron chi connectivity index (χ3n) is 31.4. The lowest BCUT2D eigenvalue weighted by Gasteiger charge is -2.39. The Morgan fingerprint density at radius 3 is 0.917 bits per heavy atom. The molecule has 4 spiro atoms. The van der Waals surface area contributed by atoms with Crippen molar-refractivity contribution < 1.29 is 38.1 Å². The molecule has 6 saturated heterocycles. The van der Waals surface area contributed by atoms with Gasteiger partial charge in [-0.1, -0.05) is 12.8 Å². The summed E-state index contributed by atoms with van der Waals surface area (Å²) in [5.74, 6) is 4.40. The van der Waals surface area contributed by atoms with E-state index < -0.39 is 22.7 Å². The molecule has 8 fully saturated rings. The van der Waals surface area contributed by atoms with Crippen LogP contribution in [0.4, 0.5) is 46.0 Å². The van der Waals surface area contributed by atoms with Gasteiger partial charge in [0.15, 0.2) is 23.3 Å². The molecule has 4 amide bonds. The number of nitrogens with one attached hydrogen (secondary N) is 9. The maximum Gasteiger partial charge on any atom is 0.276 e. The first-order chi connectivity index (χ1) is 69.8. The number of carbonyl (C=O) groups excluding carboxylic acids is 4. The number of amides is 4. The largest absolute Gasteiger partial charge is 0.490 e. The molecule has 9 N–H and O–H groups in total. The number of piperidine rings is 2. The Morgan fingerprint density at radius 2 is 0.597 bits per heavy atom. The smallest absolute Gasteiger partial charge is 0.276 e. The monoisotopic (exact) mass is 1970 g/mol. The molecule has 0 atom stereocenters. The highest BCUT2D eigenvalue weighted by Gasteiger charge is 2.50. The van der Waals surface area contributed by atoms with Gasteiger partial charge < -0.3 is 71.7 Å². The molecule has 22 heterocycles. The lowest BCUT2D eigenvalue weighted by atomic mass is 9.89. The average Bonchev–Trinajstić information content (AvgIpc) is 1.57. The summed E-state index contributed by atoms with van der Waals surface area (Å²) < 4.78 is 38.0. The molecular weight excluding hydrogens is 1840 g/mol. The highest BCUT2D eigenvalue weighted by atomic mass is 16.5. The van der Waals surface area contributed by atoms with Crippen LogP contribution < -0.4 is 89.0 Å². The Labute approximate surface area is 831 Å². The standard InChI is InChI=1S/C26H34N8O3.C26H33N7O3.C25H32N8O3.C25H31N7O3/c1-17-14-19(25(36)34-21(17)24(35)30-26(34)6-10-31(3)11-7-26)29-23-22-18(2)20(15-33(22)28-16-27-23)37-13-12-32-8-4-5-9-32;1-17-14-19(25(35)33-21(17)24(34)30-26(33)8-4-3-5-9-26)29-23-22-18(2)20(15-32(22)28-16-27-23)36-13-12-31-10-6-7-11-31;1-16-13-18(24(35)33-20(16)23(34)30-25(33)5-7-26-8-6-25)29-22-21-17(2)19(14-32(21)28-15-27-22)36-12-11-31-9-3-4-10-31;1-17-20(35-14-13-30-11-5-6-12-30)15-31-21(17)22(26-16-27-31)28-18-7-8-19-23(33)29-25(32(19)24(18)34)9-3-2-4-10-25/h14-16H,4-13H2,1-3H3,(H,30,35)(H,27,28,29);14-16H,3-13H2,1-2H3,(H,30,34)(H,27,28,29);13-15,26H,3-12H2,1-2H3,(H,30,34)(H,27,28,29);7-8,15-16H,2-6,9-14H2,1H3,(H,29,33)(H,26,27,28). The molecule has 144 heavy (non-hydrogen) atoms. The van der Waals surface area contributed by atoms with Crippen LogP contribution in [0.2, 0.25) is 0 Å². The fraction of sp³-hybridized carbons (Fsp3) is 0.529. The zero-order chi connectivity index (χ0) is 99.5. The number of hydrogen-bond acceptors (Lipinski definition) is 30. The summed E-state index contributed by atoms with van der Waals surface area (Å²) in [6.45, 7) is 31.7. The van der Waals surface area contributed by atoms with Crippen molar-refractivity contribution in [1.29, 1.82) is 0 Å². The molecule has 10 aliphatic heterocycles. The predicted octanol–water partition coefficient (Wildman–Crippen LogP) is 9.22. The molecule has 0 radical (unpaired) electrons. The lowest BCUT2D eigenvalue weighted by molar-refractivity contribution is 0.0797. The summed E-state index contributed by atoms with van der Waals surface area (Å²) in [5.41, 5.74) is 8.70. The molecule has 0 aromatic carbocycles. The van der Waals surface area contributed by atoms with Gasteiger partial charge in [0.05, 0.1) is 24.8 Å². The Balaban J connectivity index is 0.000000113. The molecule has 0 unspecified atom stereocenters. The highest BCUT2D eigenvalue weighted by molar-refractivity contribution is 5.99. The van der Waals surface area contributed by atoms with Gasteiger partial charge in [0.25, 0.3) is 45.9 Å². The van der Waals surface area contributed by atoms with Crippen LogP contribution in [-0.4, -0.2) is 263 Å². The summed E-state index contributed by atoms with van der Waals surface area (Å²) >= 11 is 0. The fourth-order valence-corrected chi connectivity index (χ4v) is 23.8. The Bertz CT molecular complexity index is 6990. The molecule has 12 aromatic heterocycles. The minimum Gasteiger partial charge on any atom is -0.490 e. The number of ether oxygens (including phenoxy) is 4. The summed E-state index contributed by atoms with van der Waals surface area (Å²) in [6, 6.07) is 8.61. The van der Waals surface area contributed by atoms with Gasteiger partial charge in [-0.25, -0.2) is 38.0 Å². The van der Waals surface area contributed by atoms with E-state index in [1.54, 1.807) is 66.7 Å². The number of fused-ring (bicyclic) bond motifs is 12. The second-order valence-corrected chi connectivity index (χ2v) is 40.8. The van der Waals surface area contributed by atoms with Gasteiger partial charge in [-0.05, 0) is 271 Å². The number of nitrogens with zero attached hydrogens (tertiary/aromatic N) is 21. The number of hydrogen-bond donors (Lipinski definition) is 9. The first kappa shape index (κ1) is 96.5. The minimum atomic E-state index is -0.695. The van der Waals surface area contributed by atoms with E-state index in [1.165, 1.54) is 76.7 Å². The van der Waals surface area contributed by atoms with Gasteiger partial charge in [-0.2, -0.15) is 20.4 Å². The van der Waals surface area contributed by atoms with Gasteiger partial charge >= 0.3 is 0 Å². The second kappa shape index (κ2) is 40.1. The SMILES string of the molecule is Cc1c(OCCN2CCCC2)cn2ncnc(Nc3ccc4n(c3=O)C3(CCCCC3)NC4=O)c12.Cc1cc(Nc2ncnn3cc(OCCN4CCCC4)c(C)c23)c(=O)n2c1C(=O)NC21CCCCC1.Cc1cc(Nc2ncnn3cc(OCCN4CCCC4)c(C)c23)c(=O)n2c1C(=O)NC21CCN(C)CC1.Cc1cc(Nc2ncnn3cc(OCCN4CCCC4)c(C)c23)c(=O)n2c1C(=O)NC21CCNCC1. The van der Waals surface area contributed by atoms with E-state index in [4.69, 9.17) is 18.9 Å². The quantitative estimate of drug-likeness (QED) is 0.0272. The van der Waals surface area contributed by atoms with E-state index in [2.05, 4.69) is 120 Å². The minimum absolute atomic E-state index is 0.166. The van der Waals surface area contributed by atoms with Crippen molar-refractivity contribution in [2.45, 2.75) is 212 Å². The second-order valence-electron chi connectivity index (χ2n) is 40.8. The maximum absolute atomic E-state index is 13.8. The third-order valence-corrected chi connectivity index (χ3v) is 31.4. The fourth-order valence-electron chi connectivity index (χ4n) is 23.8. The van der Waals surface area contributed by atoms with Gasteiger partial charge in [0.1, 0.15) is 165 Å². The van der Waals surface area contributed by atoms with E-state index in [0.717, 1.165) is 253 Å². The van der Waals surface area contributed by atoms with Crippen LogP contribution in [0, 0.1) is 48.5 Å². The van der Waals surface area contributed by atoms with Gasteiger partial charge in [-0.3, -0.25) is 76.2 Å². The first-order valence-electron chi connectivity index (χ1n) is 51.4. The predicted molar refractivity (Wildman–Crippen MR) is 542 cm³/mol. The van der Waals surface area contributed by atoms with E-state index in [9.17, 15) is 38.4 Å². The Hall–Kier alpha value is -13.7. The van der Waals surface area contributed by atoms with E-state index in [-0.39, 0.29) is 45.9 Å². The van der Waals surface area contributed by atoms with Gasteiger partial charge in [-0.15, -0.1) is 0 Å². The van der Waals surface area contributed by atoms with E-state index >= 15 is 0 Å². The molecule has 12 aromatic rings. The topological polar surface area (TPSA) is 438 Å². The van der Waals surface area contributed by atoms with Crippen LogP contribution in [0.1, 0.15) is 222 Å². The molecular formula is C102H130N30O12. The third kappa shape index (κ3) is 18.3. The zero-order valence-corrected chi connectivity index (χ0v) is 83.5. The van der Waals surface area contributed by atoms with Crippen molar-refractivity contribution in [3.63, 3.8) is 0 Å². The van der Waals surface area contributed by atoms with Crippen molar-refractivity contribution in [3.05, 3.63) is 184 Å². The normalized spacial score (nSPS) is 19.2. The van der Waals surface area contributed by atoms with Gasteiger partial charge in [0, 0.05) is 87.2 Å². The molecule has 2 saturated carbocycles. The van der Waals surface area contributed by atoms with Crippen molar-refractivity contribution in [3.8, 4) is 23.0 Å². The van der Waals surface area contributed by atoms with Crippen LogP contribution in [-0.2, 0) is 22.7 Å². The molecule has 12 aliphatic rings. The number of likely N-dealkylation sites (tertiary alicyclic amines) is 5. The van der Waals surface area contributed by atoms with Crippen LogP contribution in [0.25, 0.3) is 22.1 Å². The zero-order valence-electron chi connectivity index (χ0n) is 83.5. The maximum atomic E-state index is 13.8. The van der Waals surface area contributed by atoms with Crippen LogP contribution >= 0.6 is 0 Å². The Kier molecular flexibility index (Phi) is 26.9. The van der Waals surface area contributed by atoms with Gasteiger partial charge in [0.2, 0.25) is 0 Å². The van der Waals surface area contributed by atoms with Crippen LogP contribution in [0.15, 0.2) is 99.6 Å². The summed E-state index contributed by atoms with van der Waals surface area (Å²) in [4.78, 5) is 136. The molecule has 2 aliphatic carbocycles. The van der Waals surface area contributed by atoms with Crippen LogP contribution in [0.3, 0.4) is 0 Å². The summed E-state index contributed by atoms with van der Waals surface area (Å²) in [7, 11) is 2.06. The highest BCUT2D eigenvalue weighted by Crippen LogP contribution is 2.43. The van der Waals surface area contributed by atoms with Crippen LogP contribution in [0.5, 0.6) is 23.0 Å². The van der Waals surface area contributed by atoms with Crippen molar-refractivity contribution in [1.82, 2.24) is 128 Å². The average molecular weight is 1970 g/mol. The molecule has 42 nitrogen and oxygen atoms in total. The molecule has 42 heteroatoms. The summed E-state index contributed by atoms with van der Waals surface area (Å²) in [6.07, 6.45) is 35.2. The van der Waals surface area contributed by atoms with Crippen molar-refractivity contribution >= 4 is 91.7 Å².